The monoisotopic (exact) mass is 284 g/mol. The molecule has 2 aromatic rings. The van der Waals surface area contributed by atoms with Gasteiger partial charge in [0, 0.05) is 31.0 Å². The molecule has 2 aromatic heterocycles. The van der Waals surface area contributed by atoms with Gasteiger partial charge in [0.15, 0.2) is 5.82 Å². The van der Waals surface area contributed by atoms with E-state index in [0.717, 1.165) is 30.0 Å². The van der Waals surface area contributed by atoms with Gasteiger partial charge in [-0.15, -0.1) is 0 Å². The van der Waals surface area contributed by atoms with Gasteiger partial charge in [0.2, 0.25) is 0 Å². The number of rotatable bonds is 4. The van der Waals surface area contributed by atoms with E-state index in [1.54, 1.807) is 6.20 Å². The molecule has 0 unspecified atom stereocenters. The lowest BCUT2D eigenvalue weighted by atomic mass is 9.91. The van der Waals surface area contributed by atoms with Crippen molar-refractivity contribution in [2.45, 2.75) is 32.3 Å². The summed E-state index contributed by atoms with van der Waals surface area (Å²) in [6, 6.07) is 7.73. The summed E-state index contributed by atoms with van der Waals surface area (Å²) in [5, 5.41) is 10.2. The van der Waals surface area contributed by atoms with E-state index in [1.807, 2.05) is 31.2 Å². The number of aromatic nitrogens is 3. The number of β-amino-alcohol motifs (C(OH)–C–C–N with tert-alkyl or cyclic N) is 1. The lowest BCUT2D eigenvalue weighted by molar-refractivity contribution is 0.00805. The average Bonchev–Trinajstić information content (AvgIpc) is 2.52. The van der Waals surface area contributed by atoms with Gasteiger partial charge < -0.3 is 10.0 Å². The third-order valence-corrected chi connectivity index (χ3v) is 3.97. The third kappa shape index (κ3) is 2.74. The van der Waals surface area contributed by atoms with E-state index in [4.69, 9.17) is 0 Å². The Morgan fingerprint density at radius 2 is 2.05 bits per heavy atom. The first-order valence-electron chi connectivity index (χ1n) is 7.40. The van der Waals surface area contributed by atoms with Crippen LogP contribution < -0.4 is 4.90 Å². The molecule has 0 radical (unpaired) electrons. The van der Waals surface area contributed by atoms with Crippen LogP contribution in [0.3, 0.4) is 0 Å². The van der Waals surface area contributed by atoms with Gasteiger partial charge in [0.25, 0.3) is 0 Å². The quantitative estimate of drug-likeness (QED) is 0.931. The fourth-order valence-corrected chi connectivity index (χ4v) is 2.49. The van der Waals surface area contributed by atoms with Crippen LogP contribution in [0, 0.1) is 0 Å². The predicted octanol–water partition coefficient (Wildman–Crippen LogP) is 2.06. The number of aliphatic hydroxyl groups is 1. The molecule has 1 saturated heterocycles. The zero-order valence-electron chi connectivity index (χ0n) is 12.5. The second-order valence-electron chi connectivity index (χ2n) is 5.54. The van der Waals surface area contributed by atoms with Crippen molar-refractivity contribution in [3.8, 4) is 11.5 Å². The van der Waals surface area contributed by atoms with Crippen LogP contribution in [0.25, 0.3) is 11.5 Å². The summed E-state index contributed by atoms with van der Waals surface area (Å²) in [5.41, 5.74) is 1.20. The third-order valence-electron chi connectivity index (χ3n) is 3.97. The molecule has 110 valence electrons. The van der Waals surface area contributed by atoms with E-state index < -0.39 is 5.60 Å². The van der Waals surface area contributed by atoms with Crippen molar-refractivity contribution < 1.29 is 5.11 Å². The smallest absolute Gasteiger partial charge is 0.180 e. The maximum Gasteiger partial charge on any atom is 0.180 e. The first-order valence-corrected chi connectivity index (χ1v) is 7.40. The highest BCUT2D eigenvalue weighted by atomic mass is 16.3. The first-order chi connectivity index (χ1) is 10.1. The van der Waals surface area contributed by atoms with Gasteiger partial charge in [-0.05, 0) is 25.0 Å². The molecule has 5 heteroatoms. The highest BCUT2D eigenvalue weighted by molar-refractivity contribution is 5.55. The summed E-state index contributed by atoms with van der Waals surface area (Å²) in [6.07, 6.45) is 3.36. The van der Waals surface area contributed by atoms with Crippen molar-refractivity contribution in [2.75, 3.05) is 18.0 Å². The van der Waals surface area contributed by atoms with E-state index in [9.17, 15) is 5.11 Å². The van der Waals surface area contributed by atoms with Gasteiger partial charge in [-0.2, -0.15) is 0 Å². The van der Waals surface area contributed by atoms with Crippen molar-refractivity contribution >= 4 is 5.82 Å². The van der Waals surface area contributed by atoms with Gasteiger partial charge in [-0.25, -0.2) is 9.97 Å². The summed E-state index contributed by atoms with van der Waals surface area (Å²) in [5.74, 6) is 1.53. The molecule has 1 aliphatic rings. The molecule has 0 aliphatic carbocycles. The molecule has 0 bridgehead atoms. The minimum Gasteiger partial charge on any atom is -0.386 e. The first kappa shape index (κ1) is 13.9. The Bertz CT molecular complexity index is 623. The Morgan fingerprint density at radius 3 is 2.67 bits per heavy atom. The van der Waals surface area contributed by atoms with Crippen LogP contribution in [0.4, 0.5) is 5.82 Å². The number of hydrogen-bond donors (Lipinski definition) is 1. The Kier molecular flexibility index (Phi) is 3.59. The van der Waals surface area contributed by atoms with Gasteiger partial charge in [0.1, 0.15) is 11.5 Å². The Morgan fingerprint density at radius 1 is 1.24 bits per heavy atom. The minimum atomic E-state index is -0.567. The van der Waals surface area contributed by atoms with Crippen LogP contribution in [-0.2, 0) is 6.42 Å². The molecule has 3 rings (SSSR count). The Balaban J connectivity index is 1.92. The Hall–Kier alpha value is -2.01. The van der Waals surface area contributed by atoms with E-state index in [1.165, 1.54) is 0 Å². The molecule has 1 fully saturated rings. The summed E-state index contributed by atoms with van der Waals surface area (Å²) in [4.78, 5) is 15.6. The highest BCUT2D eigenvalue weighted by Crippen LogP contribution is 2.30. The number of anilines is 1. The molecule has 0 atom stereocenters. The molecule has 5 nitrogen and oxygen atoms in total. The number of aryl methyl sites for hydroxylation is 1. The summed E-state index contributed by atoms with van der Waals surface area (Å²) < 4.78 is 0. The van der Waals surface area contributed by atoms with Crippen LogP contribution in [0.1, 0.15) is 26.0 Å². The topological polar surface area (TPSA) is 62.1 Å². The number of nitrogens with zero attached hydrogens (tertiary/aromatic N) is 4. The standard InChI is InChI=1S/C16H20N4O/c1-3-12-9-14(20-10-16(21,4-2)11-20)19-15(18-12)13-7-5-6-8-17-13/h5-9,21H,3-4,10-11H2,1-2H3. The summed E-state index contributed by atoms with van der Waals surface area (Å²) in [7, 11) is 0. The Labute approximate surface area is 124 Å². The second-order valence-corrected chi connectivity index (χ2v) is 5.54. The molecule has 0 saturated carbocycles. The van der Waals surface area contributed by atoms with Crippen molar-refractivity contribution in [3.63, 3.8) is 0 Å². The molecule has 1 aliphatic heterocycles. The molecule has 0 spiro atoms. The average molecular weight is 284 g/mol. The van der Waals surface area contributed by atoms with Crippen molar-refractivity contribution in [3.05, 3.63) is 36.2 Å². The lowest BCUT2D eigenvalue weighted by Gasteiger charge is -2.46. The molecule has 3 heterocycles. The number of pyridine rings is 1. The fourth-order valence-electron chi connectivity index (χ4n) is 2.49. The molecular weight excluding hydrogens is 264 g/mol. The van der Waals surface area contributed by atoms with Crippen LogP contribution in [-0.4, -0.2) is 38.7 Å². The van der Waals surface area contributed by atoms with Gasteiger partial charge in [-0.3, -0.25) is 4.98 Å². The summed E-state index contributed by atoms with van der Waals surface area (Å²) in [6.45, 7) is 5.34. The zero-order valence-corrected chi connectivity index (χ0v) is 12.5. The van der Waals surface area contributed by atoms with Gasteiger partial charge >= 0.3 is 0 Å². The van der Waals surface area contributed by atoms with Crippen LogP contribution in [0.5, 0.6) is 0 Å². The van der Waals surface area contributed by atoms with Crippen molar-refractivity contribution in [2.24, 2.45) is 0 Å². The van der Waals surface area contributed by atoms with Gasteiger partial charge in [-0.1, -0.05) is 19.9 Å². The normalized spacial score (nSPS) is 16.6. The van der Waals surface area contributed by atoms with Gasteiger partial charge in [0.05, 0.1) is 5.60 Å². The van der Waals surface area contributed by atoms with E-state index in [-0.39, 0.29) is 0 Å². The van der Waals surface area contributed by atoms with E-state index in [2.05, 4.69) is 26.8 Å². The predicted molar refractivity (Wildman–Crippen MR) is 82.1 cm³/mol. The lowest BCUT2D eigenvalue weighted by Crippen LogP contribution is -2.61. The molecule has 1 N–H and O–H groups in total. The van der Waals surface area contributed by atoms with Crippen molar-refractivity contribution in [1.82, 2.24) is 15.0 Å². The maximum atomic E-state index is 10.2. The maximum absolute atomic E-state index is 10.2. The molecule has 21 heavy (non-hydrogen) atoms. The van der Waals surface area contributed by atoms with Crippen LogP contribution in [0.15, 0.2) is 30.5 Å². The minimum absolute atomic E-state index is 0.567. The second kappa shape index (κ2) is 5.41. The molecular formula is C16H20N4O. The fraction of sp³-hybridized carbons (Fsp3) is 0.438. The van der Waals surface area contributed by atoms with Crippen LogP contribution in [0.2, 0.25) is 0 Å². The number of hydrogen-bond acceptors (Lipinski definition) is 5. The SMILES string of the molecule is CCc1cc(N2CC(O)(CC)C2)nc(-c2ccccn2)n1. The molecule has 0 aromatic carbocycles. The van der Waals surface area contributed by atoms with Crippen molar-refractivity contribution in [1.29, 1.82) is 0 Å². The molecule has 0 amide bonds. The zero-order chi connectivity index (χ0) is 14.9. The highest BCUT2D eigenvalue weighted by Gasteiger charge is 2.40. The van der Waals surface area contributed by atoms with E-state index >= 15 is 0 Å². The largest absolute Gasteiger partial charge is 0.386 e. The summed E-state index contributed by atoms with van der Waals surface area (Å²) >= 11 is 0. The van der Waals surface area contributed by atoms with E-state index in [0.29, 0.717) is 18.9 Å². The van der Waals surface area contributed by atoms with Crippen LogP contribution >= 0.6 is 0 Å².